The molecule has 4 heterocycles. The molecule has 2 aliphatic rings. The Morgan fingerprint density at radius 2 is 2.03 bits per heavy atom. The van der Waals surface area contributed by atoms with Gasteiger partial charge in [0.1, 0.15) is 0 Å². The molecule has 4 aromatic rings. The number of aromatic nitrogens is 4. The third-order valence-electron chi connectivity index (χ3n) is 7.22. The smallest absolute Gasteiger partial charge is 0.310 e. The average Bonchev–Trinajstić information content (AvgIpc) is 3.56. The Morgan fingerprint density at radius 3 is 2.83 bits per heavy atom. The Bertz CT molecular complexity index is 1460. The van der Waals surface area contributed by atoms with Crippen molar-refractivity contribution in [3.63, 3.8) is 0 Å². The molecule has 36 heavy (non-hydrogen) atoms. The van der Waals surface area contributed by atoms with Crippen LogP contribution >= 0.6 is 0 Å². The first-order valence-electron chi connectivity index (χ1n) is 12.6. The van der Waals surface area contributed by atoms with Gasteiger partial charge in [-0.3, -0.25) is 14.8 Å². The van der Waals surface area contributed by atoms with Crippen molar-refractivity contribution in [2.75, 3.05) is 13.2 Å². The zero-order valence-corrected chi connectivity index (χ0v) is 20.3. The van der Waals surface area contributed by atoms with Crippen molar-refractivity contribution in [2.45, 2.75) is 38.6 Å². The lowest BCUT2D eigenvalue weighted by molar-refractivity contribution is -0.141. The van der Waals surface area contributed by atoms with Crippen LogP contribution in [0.1, 0.15) is 36.9 Å². The number of fused-ring (bicyclic) bond motifs is 1. The highest BCUT2D eigenvalue weighted by Gasteiger charge is 2.27. The van der Waals surface area contributed by atoms with Gasteiger partial charge in [0.05, 0.1) is 41.5 Å². The van der Waals surface area contributed by atoms with E-state index < -0.39 is 0 Å². The van der Waals surface area contributed by atoms with Crippen LogP contribution in [0.25, 0.3) is 39.1 Å². The molecule has 1 aliphatic carbocycles. The molecule has 1 saturated heterocycles. The summed E-state index contributed by atoms with van der Waals surface area (Å²) < 4.78 is 5.07. The lowest BCUT2D eigenvalue weighted by Crippen LogP contribution is -2.35. The molecule has 0 spiro atoms. The van der Waals surface area contributed by atoms with E-state index >= 15 is 0 Å². The van der Waals surface area contributed by atoms with E-state index in [0.29, 0.717) is 19.2 Å². The van der Waals surface area contributed by atoms with Crippen molar-refractivity contribution >= 4 is 22.4 Å². The van der Waals surface area contributed by atoms with Crippen LogP contribution in [0.4, 0.5) is 0 Å². The predicted octanol–water partition coefficient (Wildman–Crippen LogP) is 5.08. The Morgan fingerprint density at radius 1 is 1.11 bits per heavy atom. The molecule has 0 bridgehead atoms. The van der Waals surface area contributed by atoms with E-state index in [1.165, 1.54) is 11.1 Å². The van der Waals surface area contributed by atoms with Crippen LogP contribution in [0.3, 0.4) is 0 Å². The maximum Gasteiger partial charge on any atom is 0.310 e. The van der Waals surface area contributed by atoms with Gasteiger partial charge in [-0.2, -0.15) is 0 Å². The molecular weight excluding hydrogens is 450 g/mol. The van der Waals surface area contributed by atoms with E-state index in [2.05, 4.69) is 50.6 Å². The zero-order valence-electron chi connectivity index (χ0n) is 20.3. The number of carbonyl (C=O) groups is 1. The second-order valence-electron chi connectivity index (χ2n) is 9.68. The van der Waals surface area contributed by atoms with Crippen molar-refractivity contribution in [2.24, 2.45) is 5.92 Å². The van der Waals surface area contributed by atoms with E-state index in [4.69, 9.17) is 9.72 Å². The third-order valence-corrected chi connectivity index (χ3v) is 7.22. The van der Waals surface area contributed by atoms with Gasteiger partial charge in [-0.25, -0.2) is 4.98 Å². The average molecular weight is 480 g/mol. The number of aryl methyl sites for hydroxylation is 1. The topological polar surface area (TPSA) is 92.8 Å². The predicted molar refractivity (Wildman–Crippen MR) is 140 cm³/mol. The highest BCUT2D eigenvalue weighted by atomic mass is 16.5. The summed E-state index contributed by atoms with van der Waals surface area (Å²) in [5.74, 6) is -0.0563. The number of cyclic esters (lactones) is 1. The van der Waals surface area contributed by atoms with Crippen LogP contribution in [0.15, 0.2) is 61.1 Å². The van der Waals surface area contributed by atoms with Gasteiger partial charge in [-0.15, -0.1) is 0 Å². The van der Waals surface area contributed by atoms with Crippen molar-refractivity contribution in [3.8, 4) is 22.6 Å². The molecule has 2 unspecified atom stereocenters. The maximum absolute atomic E-state index is 11.7. The van der Waals surface area contributed by atoms with E-state index in [9.17, 15) is 4.79 Å². The number of carbonyl (C=O) groups excluding carboxylic acids is 1. The first-order chi connectivity index (χ1) is 17.6. The monoisotopic (exact) mass is 479 g/mol. The molecule has 6 rings (SSSR count). The summed E-state index contributed by atoms with van der Waals surface area (Å²) in [7, 11) is 0. The maximum atomic E-state index is 11.7. The van der Waals surface area contributed by atoms with Gasteiger partial charge >= 0.3 is 5.97 Å². The SMILES string of the molecule is Cc1cccc(-c2[nH]cnc2-c2ccc3ncc(C4=CCC(NCC5CCOC5=O)CC4)cc3c2)n1. The minimum atomic E-state index is -0.0618. The minimum absolute atomic E-state index is 0.00554. The first kappa shape index (κ1) is 22.6. The molecule has 0 saturated carbocycles. The number of hydrogen-bond donors (Lipinski definition) is 2. The van der Waals surface area contributed by atoms with Gasteiger partial charge in [0, 0.05) is 35.4 Å². The second kappa shape index (κ2) is 9.66. The molecule has 0 amide bonds. The standard InChI is InChI=1S/C29H29N5O2/c1-18-3-2-4-26(34-18)28-27(32-17-33-28)20-7-10-25-22(13-20)14-23(16-31-25)19-5-8-24(9-6-19)30-15-21-11-12-36-29(21)35/h2-5,7,10,13-14,16-17,21,24,30H,6,8-9,11-12,15H2,1H3,(H,32,33). The van der Waals surface area contributed by atoms with Crippen LogP contribution in [0.2, 0.25) is 0 Å². The third kappa shape index (κ3) is 4.54. The summed E-state index contributed by atoms with van der Waals surface area (Å²) in [5, 5.41) is 4.66. The molecule has 1 aliphatic heterocycles. The fourth-order valence-electron chi connectivity index (χ4n) is 5.16. The van der Waals surface area contributed by atoms with Crippen LogP contribution < -0.4 is 5.32 Å². The van der Waals surface area contributed by atoms with Crippen LogP contribution in [0, 0.1) is 12.8 Å². The zero-order chi connectivity index (χ0) is 24.5. The number of hydrogen-bond acceptors (Lipinski definition) is 6. The molecule has 7 nitrogen and oxygen atoms in total. The van der Waals surface area contributed by atoms with Crippen molar-refractivity contribution in [3.05, 3.63) is 72.3 Å². The van der Waals surface area contributed by atoms with Crippen molar-refractivity contribution in [1.82, 2.24) is 25.3 Å². The summed E-state index contributed by atoms with van der Waals surface area (Å²) in [6.45, 7) is 3.26. The molecular formula is C29H29N5O2. The summed E-state index contributed by atoms with van der Waals surface area (Å²) in [4.78, 5) is 29.0. The highest BCUT2D eigenvalue weighted by molar-refractivity contribution is 5.88. The first-order valence-corrected chi connectivity index (χ1v) is 12.6. The quantitative estimate of drug-likeness (QED) is 0.375. The van der Waals surface area contributed by atoms with Crippen LogP contribution in [-0.4, -0.2) is 45.1 Å². The van der Waals surface area contributed by atoms with Crippen molar-refractivity contribution in [1.29, 1.82) is 0 Å². The van der Waals surface area contributed by atoms with Gasteiger partial charge in [0.25, 0.3) is 0 Å². The lowest BCUT2D eigenvalue weighted by atomic mass is 9.90. The summed E-state index contributed by atoms with van der Waals surface area (Å²) in [6.07, 6.45) is 9.83. The number of aromatic amines is 1. The number of imidazole rings is 1. The van der Waals surface area contributed by atoms with Gasteiger partial charge in [-0.05, 0) is 74.1 Å². The Kier molecular flexibility index (Phi) is 6.07. The molecule has 1 fully saturated rings. The number of H-pyrrole nitrogens is 1. The fraction of sp³-hybridized carbons (Fsp3) is 0.310. The Balaban J connectivity index is 1.21. The van der Waals surface area contributed by atoms with Gasteiger partial charge in [0.15, 0.2) is 0 Å². The van der Waals surface area contributed by atoms with E-state index in [1.54, 1.807) is 6.33 Å². The number of allylic oxidation sites excluding steroid dienone is 1. The normalized spacial score (nSPS) is 19.9. The number of pyridine rings is 2. The van der Waals surface area contributed by atoms with E-state index in [-0.39, 0.29) is 11.9 Å². The highest BCUT2D eigenvalue weighted by Crippen LogP contribution is 2.32. The van der Waals surface area contributed by atoms with Crippen LogP contribution in [0.5, 0.6) is 0 Å². The summed E-state index contributed by atoms with van der Waals surface area (Å²) in [5.41, 5.74) is 8.16. The van der Waals surface area contributed by atoms with Gasteiger partial charge < -0.3 is 15.0 Å². The van der Waals surface area contributed by atoms with E-state index in [0.717, 1.165) is 64.9 Å². The summed E-state index contributed by atoms with van der Waals surface area (Å²) >= 11 is 0. The number of ether oxygens (including phenoxy) is 1. The number of nitrogens with one attached hydrogen (secondary N) is 2. The lowest BCUT2D eigenvalue weighted by Gasteiger charge is -2.24. The minimum Gasteiger partial charge on any atom is -0.465 e. The number of esters is 1. The molecule has 7 heteroatoms. The fourth-order valence-corrected chi connectivity index (χ4v) is 5.16. The van der Waals surface area contributed by atoms with Crippen molar-refractivity contribution < 1.29 is 9.53 Å². The van der Waals surface area contributed by atoms with Crippen LogP contribution in [-0.2, 0) is 9.53 Å². The molecule has 2 atom stereocenters. The van der Waals surface area contributed by atoms with Gasteiger partial charge in [-0.1, -0.05) is 18.2 Å². The van der Waals surface area contributed by atoms with Gasteiger partial charge in [0.2, 0.25) is 0 Å². The molecule has 3 aromatic heterocycles. The molecule has 2 N–H and O–H groups in total. The van der Waals surface area contributed by atoms with E-state index in [1.807, 2.05) is 31.3 Å². The molecule has 0 radical (unpaired) electrons. The number of nitrogens with zero attached hydrogens (tertiary/aromatic N) is 3. The number of benzene rings is 1. The molecule has 182 valence electrons. The Hall–Kier alpha value is -3.84. The largest absolute Gasteiger partial charge is 0.465 e. The Labute approximate surface area is 210 Å². The summed E-state index contributed by atoms with van der Waals surface area (Å²) in [6, 6.07) is 14.9. The second-order valence-corrected chi connectivity index (χ2v) is 9.68. The number of rotatable bonds is 6. The molecule has 1 aromatic carbocycles.